The summed E-state index contributed by atoms with van der Waals surface area (Å²) in [5, 5.41) is 2.80. The number of anilines is 1. The van der Waals surface area contributed by atoms with Crippen LogP contribution in [0.15, 0.2) is 48.5 Å². The quantitative estimate of drug-likeness (QED) is 0.491. The van der Waals surface area contributed by atoms with Crippen LogP contribution in [-0.2, 0) is 26.2 Å². The van der Waals surface area contributed by atoms with E-state index in [0.717, 1.165) is 18.2 Å². The second-order valence-corrected chi connectivity index (χ2v) is 10.3. The van der Waals surface area contributed by atoms with Gasteiger partial charge < -0.3 is 10.2 Å². The van der Waals surface area contributed by atoms with Crippen molar-refractivity contribution in [2.24, 2.45) is 0 Å². The number of amides is 2. The van der Waals surface area contributed by atoms with Crippen LogP contribution in [-0.4, -0.2) is 50.5 Å². The molecule has 1 atom stereocenters. The first-order valence-corrected chi connectivity index (χ1v) is 13.2. The summed E-state index contributed by atoms with van der Waals surface area (Å²) in [6.45, 7) is 6.29. The third kappa shape index (κ3) is 8.13. The third-order valence-electron chi connectivity index (χ3n) is 5.46. The molecular weight excluding hydrogens is 457 g/mol. The molecule has 2 aromatic rings. The van der Waals surface area contributed by atoms with E-state index >= 15 is 0 Å². The lowest BCUT2D eigenvalue weighted by Gasteiger charge is -2.29. The van der Waals surface area contributed by atoms with Gasteiger partial charge in [0.2, 0.25) is 21.8 Å². The molecule has 0 heterocycles. The maximum Gasteiger partial charge on any atom is 0.242 e. The molecule has 0 aliphatic heterocycles. The minimum atomic E-state index is -3.53. The Morgan fingerprint density at radius 2 is 1.68 bits per heavy atom. The van der Waals surface area contributed by atoms with E-state index in [-0.39, 0.29) is 43.6 Å². The smallest absolute Gasteiger partial charge is 0.242 e. The number of benzene rings is 2. The molecule has 0 aliphatic rings. The van der Waals surface area contributed by atoms with Crippen molar-refractivity contribution in [3.05, 3.63) is 65.5 Å². The van der Waals surface area contributed by atoms with E-state index < -0.39 is 16.1 Å². The van der Waals surface area contributed by atoms with Gasteiger partial charge in [0.1, 0.15) is 11.9 Å². The average Bonchev–Trinajstić information content (AvgIpc) is 2.79. The van der Waals surface area contributed by atoms with Gasteiger partial charge in [-0.15, -0.1) is 0 Å². The number of hydrogen-bond acceptors (Lipinski definition) is 4. The summed E-state index contributed by atoms with van der Waals surface area (Å²) in [5.41, 5.74) is 2.25. The average molecular weight is 492 g/mol. The molecular formula is C25H34FN3O4S. The molecule has 0 unspecified atom stereocenters. The van der Waals surface area contributed by atoms with Crippen LogP contribution in [0.1, 0.15) is 44.2 Å². The van der Waals surface area contributed by atoms with E-state index in [9.17, 15) is 22.4 Å². The summed E-state index contributed by atoms with van der Waals surface area (Å²) in [5.74, 6) is -0.928. The summed E-state index contributed by atoms with van der Waals surface area (Å²) >= 11 is 0. The van der Waals surface area contributed by atoms with Gasteiger partial charge in [0.05, 0.1) is 11.9 Å². The highest BCUT2D eigenvalue weighted by Gasteiger charge is 2.26. The van der Waals surface area contributed by atoms with Gasteiger partial charge in [0.15, 0.2) is 0 Å². The van der Waals surface area contributed by atoms with Crippen molar-refractivity contribution in [2.45, 2.75) is 52.6 Å². The Hall–Kier alpha value is -2.94. The zero-order valence-electron chi connectivity index (χ0n) is 20.3. The van der Waals surface area contributed by atoms with E-state index in [1.54, 1.807) is 31.2 Å². The molecule has 2 rings (SSSR count). The number of halogens is 1. The van der Waals surface area contributed by atoms with Crippen molar-refractivity contribution in [2.75, 3.05) is 23.7 Å². The number of sulfonamides is 1. The number of carbonyl (C=O) groups is 2. The number of carbonyl (C=O) groups excluding carboxylic acids is 2. The zero-order valence-corrected chi connectivity index (χ0v) is 21.1. The van der Waals surface area contributed by atoms with Crippen molar-refractivity contribution >= 4 is 27.5 Å². The zero-order chi connectivity index (χ0) is 25.3. The molecule has 9 heteroatoms. The molecule has 0 saturated carbocycles. The molecule has 0 aromatic heterocycles. The summed E-state index contributed by atoms with van der Waals surface area (Å²) in [4.78, 5) is 27.2. The summed E-state index contributed by atoms with van der Waals surface area (Å²) in [7, 11) is -3.53. The second kappa shape index (κ2) is 12.5. The van der Waals surface area contributed by atoms with Crippen molar-refractivity contribution < 1.29 is 22.4 Å². The van der Waals surface area contributed by atoms with Crippen LogP contribution >= 0.6 is 0 Å². The van der Waals surface area contributed by atoms with Gasteiger partial charge in [-0.2, -0.15) is 0 Å². The fourth-order valence-electron chi connectivity index (χ4n) is 3.48. The molecule has 34 heavy (non-hydrogen) atoms. The predicted molar refractivity (Wildman–Crippen MR) is 132 cm³/mol. The fourth-order valence-corrected chi connectivity index (χ4v) is 4.45. The monoisotopic (exact) mass is 491 g/mol. The molecule has 0 saturated heterocycles. The lowest BCUT2D eigenvalue weighted by molar-refractivity contribution is -0.140. The first-order chi connectivity index (χ1) is 16.0. The van der Waals surface area contributed by atoms with Gasteiger partial charge in [-0.3, -0.25) is 13.9 Å². The maximum atomic E-state index is 13.3. The molecule has 0 spiro atoms. The van der Waals surface area contributed by atoms with Crippen LogP contribution in [0.3, 0.4) is 0 Å². The largest absolute Gasteiger partial charge is 0.354 e. The number of rotatable bonds is 12. The van der Waals surface area contributed by atoms with Crippen molar-refractivity contribution in [1.82, 2.24) is 10.2 Å². The highest BCUT2D eigenvalue weighted by molar-refractivity contribution is 7.92. The van der Waals surface area contributed by atoms with Crippen molar-refractivity contribution in [3.63, 3.8) is 0 Å². The first-order valence-electron chi connectivity index (χ1n) is 11.4. The van der Waals surface area contributed by atoms with Crippen LogP contribution < -0.4 is 9.62 Å². The second-order valence-electron chi connectivity index (χ2n) is 8.39. The number of nitrogens with zero attached hydrogens (tertiary/aromatic N) is 2. The lowest BCUT2D eigenvalue weighted by atomic mass is 10.1. The highest BCUT2D eigenvalue weighted by atomic mass is 32.2. The van der Waals surface area contributed by atoms with Crippen LogP contribution in [0.5, 0.6) is 0 Å². The first kappa shape index (κ1) is 27.3. The summed E-state index contributed by atoms with van der Waals surface area (Å²) in [6.07, 6.45) is 2.24. The lowest BCUT2D eigenvalue weighted by Crippen LogP contribution is -2.47. The molecule has 0 aliphatic carbocycles. The molecule has 0 radical (unpaired) electrons. The topological polar surface area (TPSA) is 86.8 Å². The van der Waals surface area contributed by atoms with Gasteiger partial charge >= 0.3 is 0 Å². The molecule has 0 fully saturated rings. The van der Waals surface area contributed by atoms with E-state index in [0.29, 0.717) is 17.8 Å². The Morgan fingerprint density at radius 3 is 2.24 bits per heavy atom. The minimum Gasteiger partial charge on any atom is -0.354 e. The predicted octanol–water partition coefficient (Wildman–Crippen LogP) is 3.62. The minimum absolute atomic E-state index is 0.0600. The van der Waals surface area contributed by atoms with Gasteiger partial charge in [-0.05, 0) is 56.5 Å². The van der Waals surface area contributed by atoms with E-state index in [2.05, 4.69) is 5.32 Å². The summed E-state index contributed by atoms with van der Waals surface area (Å²) < 4.78 is 39.3. The van der Waals surface area contributed by atoms with Gasteiger partial charge in [-0.1, -0.05) is 36.8 Å². The Morgan fingerprint density at radius 1 is 1.06 bits per heavy atom. The molecule has 2 aromatic carbocycles. The SMILES string of the molecule is CCCNC(=O)[C@@H](C)N(Cc1ccc(F)cc1)C(=O)CCCN(c1ccc(C)cc1)S(C)(=O)=O. The van der Waals surface area contributed by atoms with Crippen LogP contribution in [0.2, 0.25) is 0 Å². The fraction of sp³-hybridized carbons (Fsp3) is 0.440. The van der Waals surface area contributed by atoms with Crippen molar-refractivity contribution in [3.8, 4) is 0 Å². The molecule has 186 valence electrons. The Labute approximate surface area is 202 Å². The summed E-state index contributed by atoms with van der Waals surface area (Å²) in [6, 6.07) is 12.2. The van der Waals surface area contributed by atoms with E-state index in [4.69, 9.17) is 0 Å². The third-order valence-corrected chi connectivity index (χ3v) is 6.65. The van der Waals surface area contributed by atoms with Crippen LogP contribution in [0, 0.1) is 12.7 Å². The van der Waals surface area contributed by atoms with E-state index in [1.807, 2.05) is 26.0 Å². The molecule has 1 N–H and O–H groups in total. The Balaban J connectivity index is 2.13. The normalized spacial score (nSPS) is 12.1. The van der Waals surface area contributed by atoms with Crippen molar-refractivity contribution in [1.29, 1.82) is 0 Å². The number of aryl methyl sites for hydroxylation is 1. The van der Waals surface area contributed by atoms with Crippen LogP contribution in [0.25, 0.3) is 0 Å². The van der Waals surface area contributed by atoms with E-state index in [1.165, 1.54) is 21.3 Å². The number of hydrogen-bond donors (Lipinski definition) is 1. The highest BCUT2D eigenvalue weighted by Crippen LogP contribution is 2.20. The number of nitrogens with one attached hydrogen (secondary N) is 1. The molecule has 0 bridgehead atoms. The molecule has 7 nitrogen and oxygen atoms in total. The Kier molecular flexibility index (Phi) is 10.0. The van der Waals surface area contributed by atoms with Gasteiger partial charge in [0, 0.05) is 26.1 Å². The molecule has 2 amide bonds. The Bertz CT molecular complexity index is 1060. The standard InChI is InChI=1S/C25H34FN3O4S/c1-5-16-27-25(31)20(3)28(18-21-10-12-22(26)13-11-21)24(30)7-6-17-29(34(4,32)33)23-14-8-19(2)9-15-23/h8-15,20H,5-7,16-18H2,1-4H3,(H,27,31)/t20-/m1/s1. The van der Waals surface area contributed by atoms with Gasteiger partial charge in [0.25, 0.3) is 0 Å². The van der Waals surface area contributed by atoms with Crippen LogP contribution in [0.4, 0.5) is 10.1 Å². The van der Waals surface area contributed by atoms with Gasteiger partial charge in [-0.25, -0.2) is 12.8 Å². The maximum absolute atomic E-state index is 13.3.